The van der Waals surface area contributed by atoms with Gasteiger partial charge in [-0.05, 0) is 31.2 Å². The third-order valence-corrected chi connectivity index (χ3v) is 5.37. The van der Waals surface area contributed by atoms with Crippen molar-refractivity contribution in [3.8, 4) is 0 Å². The number of carbonyl (C=O) groups is 3. The van der Waals surface area contributed by atoms with Gasteiger partial charge in [-0.25, -0.2) is 0 Å². The molecule has 0 saturated carbocycles. The molecule has 0 aromatic heterocycles. The summed E-state index contributed by atoms with van der Waals surface area (Å²) in [6, 6.07) is 17.2. The van der Waals surface area contributed by atoms with Gasteiger partial charge in [0.15, 0.2) is 10.9 Å². The minimum Gasteiger partial charge on any atom is -0.465 e. The molecule has 0 spiro atoms. The number of esters is 1. The smallest absolute Gasteiger partial charge is 0.319 e. The van der Waals surface area contributed by atoms with Crippen LogP contribution < -0.4 is 0 Å². The van der Waals surface area contributed by atoms with Gasteiger partial charge in [-0.15, -0.1) is 0 Å². The molecular weight excluding hydrogens is 368 g/mol. The largest absolute Gasteiger partial charge is 0.465 e. The molecule has 4 nitrogen and oxygen atoms in total. The molecule has 26 heavy (non-hydrogen) atoms. The van der Waals surface area contributed by atoms with Crippen molar-refractivity contribution in [3.05, 3.63) is 60.2 Å². The second kappa shape index (κ2) is 10.2. The predicted molar refractivity (Wildman–Crippen MR) is 105 cm³/mol. The summed E-state index contributed by atoms with van der Waals surface area (Å²) in [4.78, 5) is 37.9. The van der Waals surface area contributed by atoms with E-state index in [2.05, 4.69) is 0 Å². The second-order valence-corrected chi connectivity index (χ2v) is 7.94. The van der Waals surface area contributed by atoms with Gasteiger partial charge in [0.25, 0.3) is 0 Å². The molecule has 0 heterocycles. The van der Waals surface area contributed by atoms with E-state index < -0.39 is 11.2 Å². The lowest BCUT2D eigenvalue weighted by Gasteiger charge is -2.13. The van der Waals surface area contributed by atoms with Crippen molar-refractivity contribution in [1.82, 2.24) is 0 Å². The van der Waals surface area contributed by atoms with E-state index in [-0.39, 0.29) is 23.9 Å². The van der Waals surface area contributed by atoms with Crippen molar-refractivity contribution >= 4 is 40.4 Å². The van der Waals surface area contributed by atoms with Crippen LogP contribution in [0.3, 0.4) is 0 Å². The van der Waals surface area contributed by atoms with E-state index in [1.807, 2.05) is 42.5 Å². The Morgan fingerprint density at radius 2 is 1.58 bits per heavy atom. The van der Waals surface area contributed by atoms with Gasteiger partial charge < -0.3 is 4.74 Å². The Hall–Kier alpha value is -2.05. The number of benzene rings is 2. The Morgan fingerprint density at radius 1 is 0.962 bits per heavy atom. The van der Waals surface area contributed by atoms with Crippen LogP contribution in [-0.4, -0.2) is 28.7 Å². The van der Waals surface area contributed by atoms with Crippen LogP contribution in [0, 0.1) is 0 Å². The Morgan fingerprint density at radius 3 is 2.15 bits per heavy atom. The number of hydrogen-bond donors (Lipinski definition) is 0. The Labute approximate surface area is 161 Å². The molecule has 136 valence electrons. The first-order chi connectivity index (χ1) is 12.5. The first-order valence-electron chi connectivity index (χ1n) is 8.19. The number of ether oxygens (including phenoxy) is 1. The molecule has 0 aliphatic carbocycles. The molecule has 0 saturated heterocycles. The molecule has 2 aromatic rings. The fourth-order valence-corrected chi connectivity index (χ4v) is 3.87. The maximum Gasteiger partial charge on any atom is 0.319 e. The summed E-state index contributed by atoms with van der Waals surface area (Å²) in [5.41, 5.74) is 0.515. The van der Waals surface area contributed by atoms with Crippen LogP contribution in [0.1, 0.15) is 30.6 Å². The average molecular weight is 389 g/mol. The summed E-state index contributed by atoms with van der Waals surface area (Å²) >= 11 is 2.44. The van der Waals surface area contributed by atoms with Crippen molar-refractivity contribution in [2.75, 3.05) is 6.61 Å². The summed E-state index contributed by atoms with van der Waals surface area (Å²) in [5, 5.41) is -1.02. The van der Waals surface area contributed by atoms with Gasteiger partial charge in [0.2, 0.25) is 0 Å². The van der Waals surface area contributed by atoms with Crippen LogP contribution >= 0.6 is 23.5 Å². The average Bonchev–Trinajstić information content (AvgIpc) is 2.62. The van der Waals surface area contributed by atoms with Crippen molar-refractivity contribution < 1.29 is 19.1 Å². The number of thioether (sulfide) groups is 1. The monoisotopic (exact) mass is 388 g/mol. The quantitative estimate of drug-likeness (QED) is 0.486. The highest BCUT2D eigenvalue weighted by Crippen LogP contribution is 2.28. The number of rotatable bonds is 8. The molecule has 0 aliphatic rings. The van der Waals surface area contributed by atoms with Crippen LogP contribution in [0.15, 0.2) is 64.4 Å². The van der Waals surface area contributed by atoms with Crippen LogP contribution in [0.2, 0.25) is 0 Å². The highest BCUT2D eigenvalue weighted by atomic mass is 32.2. The number of carbonyl (C=O) groups excluding carboxylic acids is 3. The molecule has 0 aliphatic heterocycles. The molecule has 0 bridgehead atoms. The van der Waals surface area contributed by atoms with Crippen molar-refractivity contribution in [2.24, 2.45) is 0 Å². The standard InChI is InChI=1S/C20H20O4S2/c1-3-24-20(23)19(25-14(2)21)13-18(22)15-9-11-17(12-10-15)26-16-7-5-4-6-8-16/h4-12,19H,3,13H2,1-2H3. The lowest BCUT2D eigenvalue weighted by atomic mass is 10.1. The fourth-order valence-electron chi connectivity index (χ4n) is 2.23. The van der Waals surface area contributed by atoms with Crippen molar-refractivity contribution in [3.63, 3.8) is 0 Å². The van der Waals surface area contributed by atoms with Crippen LogP contribution in [0.5, 0.6) is 0 Å². The minimum absolute atomic E-state index is 0.0613. The summed E-state index contributed by atoms with van der Waals surface area (Å²) in [6.45, 7) is 3.28. The number of ketones is 1. The van der Waals surface area contributed by atoms with Crippen molar-refractivity contribution in [1.29, 1.82) is 0 Å². The van der Waals surface area contributed by atoms with E-state index in [1.54, 1.807) is 30.8 Å². The molecule has 0 N–H and O–H groups in total. The van der Waals surface area contributed by atoms with Gasteiger partial charge in [0.05, 0.1) is 6.61 Å². The van der Waals surface area contributed by atoms with E-state index in [0.29, 0.717) is 5.56 Å². The molecule has 2 rings (SSSR count). The zero-order valence-electron chi connectivity index (χ0n) is 14.6. The fraction of sp³-hybridized carbons (Fsp3) is 0.250. The molecule has 2 aromatic carbocycles. The lowest BCUT2D eigenvalue weighted by molar-refractivity contribution is -0.142. The lowest BCUT2D eigenvalue weighted by Crippen LogP contribution is -2.24. The summed E-state index contributed by atoms with van der Waals surface area (Å²) in [6.07, 6.45) is -0.0613. The maximum absolute atomic E-state index is 12.5. The zero-order valence-corrected chi connectivity index (χ0v) is 16.3. The van der Waals surface area contributed by atoms with E-state index in [4.69, 9.17) is 4.74 Å². The zero-order chi connectivity index (χ0) is 18.9. The molecule has 1 unspecified atom stereocenters. The second-order valence-electron chi connectivity index (χ2n) is 5.42. The first-order valence-corrected chi connectivity index (χ1v) is 9.89. The van der Waals surface area contributed by atoms with Crippen LogP contribution in [0.4, 0.5) is 0 Å². The Balaban J connectivity index is 2.03. The molecule has 0 amide bonds. The Kier molecular flexibility index (Phi) is 7.94. The van der Waals surface area contributed by atoms with Gasteiger partial charge in [0.1, 0.15) is 5.25 Å². The van der Waals surface area contributed by atoms with Crippen LogP contribution in [0.25, 0.3) is 0 Å². The number of hydrogen-bond acceptors (Lipinski definition) is 6. The van der Waals surface area contributed by atoms with Gasteiger partial charge in [-0.3, -0.25) is 14.4 Å². The topological polar surface area (TPSA) is 60.4 Å². The third kappa shape index (κ3) is 6.35. The van der Waals surface area contributed by atoms with E-state index >= 15 is 0 Å². The van der Waals surface area contributed by atoms with Gasteiger partial charge in [-0.1, -0.05) is 53.9 Å². The first kappa shape index (κ1) is 20.3. The molecule has 1 atom stereocenters. The summed E-state index contributed by atoms with van der Waals surface area (Å²) in [5.74, 6) is -0.717. The van der Waals surface area contributed by atoms with Crippen molar-refractivity contribution in [2.45, 2.75) is 35.3 Å². The summed E-state index contributed by atoms with van der Waals surface area (Å²) < 4.78 is 4.96. The van der Waals surface area contributed by atoms with Gasteiger partial charge >= 0.3 is 5.97 Å². The molecular formula is C20H20O4S2. The maximum atomic E-state index is 12.5. The summed E-state index contributed by atoms with van der Waals surface area (Å²) in [7, 11) is 0. The molecule has 0 radical (unpaired) electrons. The molecule has 6 heteroatoms. The predicted octanol–water partition coefficient (Wildman–Crippen LogP) is 4.62. The van der Waals surface area contributed by atoms with E-state index in [9.17, 15) is 14.4 Å². The third-order valence-electron chi connectivity index (χ3n) is 3.38. The highest BCUT2D eigenvalue weighted by Gasteiger charge is 2.26. The SMILES string of the molecule is CCOC(=O)C(CC(=O)c1ccc(Sc2ccccc2)cc1)SC(C)=O. The van der Waals surface area contributed by atoms with Crippen LogP contribution in [-0.2, 0) is 14.3 Å². The normalized spacial score (nSPS) is 11.6. The number of Topliss-reactive ketones (excluding diaryl/α,β-unsaturated/α-hetero) is 1. The van der Waals surface area contributed by atoms with E-state index in [1.165, 1.54) is 6.92 Å². The van der Waals surface area contributed by atoms with Gasteiger partial charge in [-0.2, -0.15) is 0 Å². The van der Waals surface area contributed by atoms with E-state index in [0.717, 1.165) is 21.6 Å². The minimum atomic E-state index is -0.807. The Bertz CT molecular complexity index is 757. The van der Waals surface area contributed by atoms with Gasteiger partial charge in [0, 0.05) is 28.7 Å². The highest BCUT2D eigenvalue weighted by molar-refractivity contribution is 8.14. The molecule has 0 fully saturated rings.